The van der Waals surface area contributed by atoms with E-state index in [9.17, 15) is 15.0 Å². The van der Waals surface area contributed by atoms with Crippen LogP contribution in [0.25, 0.3) is 0 Å². The molecule has 3 N–H and O–H groups in total. The van der Waals surface area contributed by atoms with Gasteiger partial charge in [0.1, 0.15) is 17.5 Å². The maximum atomic E-state index is 11.2. The SMILES string of the molecule is CNC(Cc1cc(I)c(Oc2cc(I)c(O)c(I)c2)c(I)c1)C(=O)O.Cl. The van der Waals surface area contributed by atoms with Crippen LogP contribution in [0.5, 0.6) is 17.2 Å². The van der Waals surface area contributed by atoms with Gasteiger partial charge in [-0.1, -0.05) is 0 Å². The van der Waals surface area contributed by atoms with Gasteiger partial charge in [-0.15, -0.1) is 12.4 Å². The summed E-state index contributed by atoms with van der Waals surface area (Å²) >= 11 is 8.50. The number of halogens is 5. The first-order valence-corrected chi connectivity index (χ1v) is 11.3. The lowest BCUT2D eigenvalue weighted by atomic mass is 10.1. The van der Waals surface area contributed by atoms with Crippen molar-refractivity contribution in [3.05, 3.63) is 44.1 Å². The summed E-state index contributed by atoms with van der Waals surface area (Å²) in [6.07, 6.45) is 0.396. The number of carboxylic acids is 1. The Kier molecular flexibility index (Phi) is 10.5. The van der Waals surface area contributed by atoms with Crippen LogP contribution in [0.4, 0.5) is 0 Å². The molecule has 10 heteroatoms. The van der Waals surface area contributed by atoms with E-state index in [-0.39, 0.29) is 18.2 Å². The molecular weight excluding hydrogens is 813 g/mol. The number of likely N-dealkylation sites (N-methyl/N-ethyl adjacent to an activating group) is 1. The number of aromatic hydroxyl groups is 1. The van der Waals surface area contributed by atoms with Crippen molar-refractivity contribution in [2.75, 3.05) is 7.05 Å². The normalized spacial score (nSPS) is 11.6. The average Bonchev–Trinajstić information content (AvgIpc) is 2.53. The van der Waals surface area contributed by atoms with E-state index in [1.54, 1.807) is 19.2 Å². The van der Waals surface area contributed by atoms with Crippen molar-refractivity contribution in [2.24, 2.45) is 0 Å². The Labute approximate surface area is 212 Å². The highest BCUT2D eigenvalue weighted by molar-refractivity contribution is 14.1. The van der Waals surface area contributed by atoms with E-state index in [2.05, 4.69) is 95.7 Å². The molecule has 0 amide bonds. The number of carboxylic acid groups (broad SMARTS) is 1. The fourth-order valence-electron chi connectivity index (χ4n) is 2.10. The van der Waals surface area contributed by atoms with Crippen LogP contribution in [-0.4, -0.2) is 29.3 Å². The van der Waals surface area contributed by atoms with E-state index in [1.807, 2.05) is 12.1 Å². The molecule has 2 aromatic rings. The summed E-state index contributed by atoms with van der Waals surface area (Å²) in [7, 11) is 1.64. The summed E-state index contributed by atoms with van der Waals surface area (Å²) in [6.45, 7) is 0. The molecule has 0 saturated carbocycles. The van der Waals surface area contributed by atoms with Crippen molar-refractivity contribution in [1.82, 2.24) is 5.32 Å². The molecule has 0 fully saturated rings. The second-order valence-corrected chi connectivity index (χ2v) is 9.76. The van der Waals surface area contributed by atoms with E-state index in [1.165, 1.54) is 0 Å². The number of phenols is 1. The molecule has 142 valence electrons. The Morgan fingerprint density at radius 3 is 2.00 bits per heavy atom. The molecule has 0 radical (unpaired) electrons. The predicted octanol–water partition coefficient (Wildman–Crippen LogP) is 5.24. The zero-order valence-electron chi connectivity index (χ0n) is 13.2. The van der Waals surface area contributed by atoms with Gasteiger partial charge in [-0.05, 0) is 134 Å². The summed E-state index contributed by atoms with van der Waals surface area (Å²) in [4.78, 5) is 11.2. The highest BCUT2D eigenvalue weighted by Crippen LogP contribution is 2.36. The number of carbonyl (C=O) groups is 1. The predicted molar refractivity (Wildman–Crippen MR) is 137 cm³/mol. The second kappa shape index (κ2) is 11.0. The maximum absolute atomic E-state index is 11.2. The molecular formula is C16H14ClI4NO4. The molecule has 0 aliphatic heterocycles. The average molecular weight is 827 g/mol. The Balaban J connectivity index is 0.00000338. The molecule has 0 saturated heterocycles. The maximum Gasteiger partial charge on any atom is 0.321 e. The lowest BCUT2D eigenvalue weighted by molar-refractivity contribution is -0.139. The third-order valence-electron chi connectivity index (χ3n) is 3.35. The molecule has 5 nitrogen and oxygen atoms in total. The smallest absolute Gasteiger partial charge is 0.321 e. The zero-order valence-corrected chi connectivity index (χ0v) is 22.7. The summed E-state index contributed by atoms with van der Waals surface area (Å²) in [5.41, 5.74) is 0.928. The Bertz CT molecular complexity index is 773. The fourth-order valence-corrected chi connectivity index (χ4v) is 5.92. The van der Waals surface area contributed by atoms with Crippen molar-refractivity contribution in [2.45, 2.75) is 12.5 Å². The molecule has 26 heavy (non-hydrogen) atoms. The Morgan fingerprint density at radius 1 is 1.08 bits per heavy atom. The van der Waals surface area contributed by atoms with E-state index in [0.717, 1.165) is 25.6 Å². The second-order valence-electron chi connectivity index (χ2n) is 5.11. The fraction of sp³-hybridized carbons (Fsp3) is 0.188. The van der Waals surface area contributed by atoms with Crippen LogP contribution in [0.1, 0.15) is 5.56 Å². The van der Waals surface area contributed by atoms with Crippen molar-refractivity contribution in [3.63, 3.8) is 0 Å². The highest BCUT2D eigenvalue weighted by atomic mass is 127. The van der Waals surface area contributed by atoms with Gasteiger partial charge in [0.05, 0.1) is 14.3 Å². The van der Waals surface area contributed by atoms with Crippen LogP contribution in [0.2, 0.25) is 0 Å². The molecule has 0 aliphatic rings. The number of benzene rings is 2. The number of aliphatic carboxylic acids is 1. The van der Waals surface area contributed by atoms with Gasteiger partial charge in [0.25, 0.3) is 0 Å². The van der Waals surface area contributed by atoms with Gasteiger partial charge in [-0.3, -0.25) is 4.79 Å². The van der Waals surface area contributed by atoms with Gasteiger partial charge >= 0.3 is 5.97 Å². The molecule has 0 aromatic heterocycles. The lowest BCUT2D eigenvalue weighted by Crippen LogP contribution is -2.35. The third-order valence-corrected chi connectivity index (χ3v) is 6.60. The van der Waals surface area contributed by atoms with E-state index in [0.29, 0.717) is 12.2 Å². The minimum Gasteiger partial charge on any atom is -0.506 e. The molecule has 0 bridgehead atoms. The molecule has 1 unspecified atom stereocenters. The van der Waals surface area contributed by atoms with Crippen LogP contribution < -0.4 is 10.1 Å². The number of hydrogen-bond acceptors (Lipinski definition) is 4. The first-order chi connectivity index (χ1) is 11.7. The van der Waals surface area contributed by atoms with Gasteiger partial charge in [0.15, 0.2) is 5.75 Å². The topological polar surface area (TPSA) is 78.8 Å². The zero-order chi connectivity index (χ0) is 18.7. The van der Waals surface area contributed by atoms with Crippen LogP contribution in [0, 0.1) is 14.3 Å². The highest BCUT2D eigenvalue weighted by Gasteiger charge is 2.18. The van der Waals surface area contributed by atoms with Crippen molar-refractivity contribution in [1.29, 1.82) is 0 Å². The van der Waals surface area contributed by atoms with E-state index < -0.39 is 12.0 Å². The number of hydrogen-bond donors (Lipinski definition) is 3. The van der Waals surface area contributed by atoms with E-state index >= 15 is 0 Å². The van der Waals surface area contributed by atoms with Crippen LogP contribution in [0.15, 0.2) is 24.3 Å². The van der Waals surface area contributed by atoms with Crippen molar-refractivity contribution in [3.8, 4) is 17.2 Å². The largest absolute Gasteiger partial charge is 0.506 e. The molecule has 0 aliphatic carbocycles. The Morgan fingerprint density at radius 2 is 1.58 bits per heavy atom. The van der Waals surface area contributed by atoms with Gasteiger partial charge in [0, 0.05) is 0 Å². The first kappa shape index (κ1) is 24.7. The molecule has 1 atom stereocenters. The number of nitrogens with one attached hydrogen (secondary N) is 1. The summed E-state index contributed by atoms with van der Waals surface area (Å²) in [5.74, 6) is 0.744. The lowest BCUT2D eigenvalue weighted by Gasteiger charge is -2.15. The number of ether oxygens (including phenoxy) is 1. The Hall–Kier alpha value is 0.680. The van der Waals surface area contributed by atoms with Gasteiger partial charge in [-0.25, -0.2) is 0 Å². The van der Waals surface area contributed by atoms with Crippen molar-refractivity contribution < 1.29 is 19.7 Å². The van der Waals surface area contributed by atoms with Crippen LogP contribution in [-0.2, 0) is 11.2 Å². The van der Waals surface area contributed by atoms with Gasteiger partial charge in [-0.2, -0.15) is 0 Å². The quantitative estimate of drug-likeness (QED) is 0.348. The first-order valence-electron chi connectivity index (χ1n) is 6.96. The monoisotopic (exact) mass is 827 g/mol. The number of phenolic OH excluding ortho intramolecular Hbond substituents is 1. The molecule has 2 rings (SSSR count). The summed E-state index contributed by atoms with van der Waals surface area (Å²) in [5, 5.41) is 21.9. The van der Waals surface area contributed by atoms with E-state index in [4.69, 9.17) is 4.74 Å². The van der Waals surface area contributed by atoms with Crippen LogP contribution in [0.3, 0.4) is 0 Å². The molecule has 0 spiro atoms. The summed E-state index contributed by atoms with van der Waals surface area (Å²) in [6, 6.07) is 6.79. The minimum absolute atomic E-state index is 0. The standard InChI is InChI=1S/C16H13I4NO4.ClH/c1-21-13(16(23)24)4-7-2-11(19)15(12(20)3-7)25-8-5-9(17)14(22)10(18)6-8;/h2-3,5-6,13,21-22H,4H2,1H3,(H,23,24);1H. The summed E-state index contributed by atoms with van der Waals surface area (Å²) < 4.78 is 9.27. The molecule has 2 aromatic carbocycles. The third kappa shape index (κ3) is 6.35. The van der Waals surface area contributed by atoms with Crippen LogP contribution >= 0.6 is 103 Å². The molecule has 0 heterocycles. The van der Waals surface area contributed by atoms with Crippen molar-refractivity contribution >= 4 is 109 Å². The minimum atomic E-state index is -0.874. The van der Waals surface area contributed by atoms with Gasteiger partial charge < -0.3 is 20.3 Å². The number of rotatable bonds is 6. The van der Waals surface area contributed by atoms with Gasteiger partial charge in [0.2, 0.25) is 0 Å².